The highest BCUT2D eigenvalue weighted by Crippen LogP contribution is 2.52. The van der Waals surface area contributed by atoms with Crippen LogP contribution < -0.4 is 21.2 Å². The van der Waals surface area contributed by atoms with Crippen molar-refractivity contribution in [2.75, 3.05) is 6.16 Å². The van der Waals surface area contributed by atoms with E-state index in [-0.39, 0.29) is 15.8 Å². The molecule has 5 rings (SSSR count). The standard InChI is InChI=1S/C31H32P2/c1-5-16-27(17-6-1)32(28-18-7-2-8-19-28)25-26-15-13-14-24-31(26)33(29-20-9-3-10-21-29)30-22-11-4-12-23-30/h1-12,16-23,26,31H,13-15,24-25H2. The van der Waals surface area contributed by atoms with Gasteiger partial charge in [0.1, 0.15) is 0 Å². The average molecular weight is 467 g/mol. The van der Waals surface area contributed by atoms with Crippen LogP contribution in [-0.2, 0) is 0 Å². The molecule has 0 bridgehead atoms. The fourth-order valence-electron chi connectivity index (χ4n) is 5.26. The molecule has 0 nitrogen and oxygen atoms in total. The first-order valence-electron chi connectivity index (χ1n) is 12.2. The molecule has 0 amide bonds. The van der Waals surface area contributed by atoms with E-state index in [1.807, 2.05) is 0 Å². The van der Waals surface area contributed by atoms with Crippen molar-refractivity contribution in [3.63, 3.8) is 0 Å². The summed E-state index contributed by atoms with van der Waals surface area (Å²) in [5.74, 6) is 0.761. The molecule has 1 aliphatic carbocycles. The van der Waals surface area contributed by atoms with Gasteiger partial charge in [-0.05, 0) is 67.6 Å². The van der Waals surface area contributed by atoms with E-state index in [1.54, 1.807) is 10.6 Å². The van der Waals surface area contributed by atoms with Crippen LogP contribution in [0.3, 0.4) is 0 Å². The van der Waals surface area contributed by atoms with Gasteiger partial charge in [0.15, 0.2) is 0 Å². The van der Waals surface area contributed by atoms with Gasteiger partial charge in [-0.1, -0.05) is 134 Å². The largest absolute Gasteiger partial charge is 0.0622 e. The Labute approximate surface area is 201 Å². The third kappa shape index (κ3) is 5.46. The fraction of sp³-hybridized carbons (Fsp3) is 0.226. The average Bonchev–Trinajstić information content (AvgIpc) is 2.90. The van der Waals surface area contributed by atoms with Gasteiger partial charge in [0, 0.05) is 0 Å². The number of hydrogen-bond donors (Lipinski definition) is 0. The molecule has 1 saturated carbocycles. The van der Waals surface area contributed by atoms with Crippen molar-refractivity contribution in [3.8, 4) is 0 Å². The van der Waals surface area contributed by atoms with Gasteiger partial charge in [0.25, 0.3) is 0 Å². The summed E-state index contributed by atoms with van der Waals surface area (Å²) in [6.07, 6.45) is 6.76. The highest BCUT2D eigenvalue weighted by atomic mass is 31.1. The van der Waals surface area contributed by atoms with Crippen molar-refractivity contribution >= 4 is 37.1 Å². The van der Waals surface area contributed by atoms with Crippen LogP contribution in [-0.4, -0.2) is 11.8 Å². The van der Waals surface area contributed by atoms with Crippen LogP contribution >= 0.6 is 15.8 Å². The first-order valence-corrected chi connectivity index (χ1v) is 15.1. The second-order valence-corrected chi connectivity index (χ2v) is 13.6. The molecule has 0 radical (unpaired) electrons. The molecule has 2 unspecified atom stereocenters. The van der Waals surface area contributed by atoms with Gasteiger partial charge in [-0.2, -0.15) is 0 Å². The van der Waals surface area contributed by atoms with Crippen LogP contribution in [0.2, 0.25) is 0 Å². The normalized spacial score (nSPS) is 18.5. The zero-order chi connectivity index (χ0) is 22.3. The van der Waals surface area contributed by atoms with E-state index in [0.29, 0.717) is 0 Å². The second-order valence-electron chi connectivity index (χ2n) is 8.93. The minimum absolute atomic E-state index is 0.353. The lowest BCUT2D eigenvalue weighted by Crippen LogP contribution is -2.34. The highest BCUT2D eigenvalue weighted by Gasteiger charge is 2.35. The summed E-state index contributed by atoms with van der Waals surface area (Å²) in [4.78, 5) is 0. The van der Waals surface area contributed by atoms with Gasteiger partial charge in [0.2, 0.25) is 0 Å². The summed E-state index contributed by atoms with van der Waals surface area (Å²) >= 11 is 0. The van der Waals surface area contributed by atoms with Crippen LogP contribution in [0.15, 0.2) is 121 Å². The number of rotatable bonds is 7. The summed E-state index contributed by atoms with van der Waals surface area (Å²) < 4.78 is 0. The minimum Gasteiger partial charge on any atom is -0.0622 e. The Morgan fingerprint density at radius 2 is 0.879 bits per heavy atom. The SMILES string of the molecule is c1ccc(P(CC2CCCCC2P(c2ccccc2)c2ccccc2)c2ccccc2)cc1. The van der Waals surface area contributed by atoms with Gasteiger partial charge >= 0.3 is 0 Å². The van der Waals surface area contributed by atoms with Crippen molar-refractivity contribution in [3.05, 3.63) is 121 Å². The van der Waals surface area contributed by atoms with Crippen LogP contribution in [0.25, 0.3) is 0 Å². The predicted molar refractivity (Wildman–Crippen MR) is 149 cm³/mol. The Morgan fingerprint density at radius 3 is 1.33 bits per heavy atom. The van der Waals surface area contributed by atoms with Crippen LogP contribution in [0.4, 0.5) is 0 Å². The Bertz CT molecular complexity index is 1020. The molecule has 1 fully saturated rings. The number of benzene rings is 4. The Morgan fingerprint density at radius 1 is 0.485 bits per heavy atom. The molecule has 1 aliphatic rings. The van der Waals surface area contributed by atoms with E-state index in [9.17, 15) is 0 Å². The van der Waals surface area contributed by atoms with Crippen LogP contribution in [0.1, 0.15) is 25.7 Å². The first kappa shape index (κ1) is 22.5. The van der Waals surface area contributed by atoms with Crippen LogP contribution in [0.5, 0.6) is 0 Å². The molecule has 33 heavy (non-hydrogen) atoms. The molecule has 2 atom stereocenters. The van der Waals surface area contributed by atoms with Crippen molar-refractivity contribution in [2.24, 2.45) is 5.92 Å². The molecular formula is C31H32P2. The van der Waals surface area contributed by atoms with Gasteiger partial charge in [-0.25, -0.2) is 0 Å². The van der Waals surface area contributed by atoms with Crippen molar-refractivity contribution in [1.82, 2.24) is 0 Å². The minimum atomic E-state index is -0.366. The maximum absolute atomic E-state index is 2.38. The Kier molecular flexibility index (Phi) is 7.68. The lowest BCUT2D eigenvalue weighted by Gasteiger charge is -2.40. The zero-order valence-corrected chi connectivity index (χ0v) is 20.9. The van der Waals surface area contributed by atoms with Gasteiger partial charge in [0.05, 0.1) is 0 Å². The Balaban J connectivity index is 1.52. The Hall–Kier alpha value is -2.26. The summed E-state index contributed by atoms with van der Waals surface area (Å²) in [7, 11) is -0.719. The van der Waals surface area contributed by atoms with E-state index in [4.69, 9.17) is 0 Å². The summed E-state index contributed by atoms with van der Waals surface area (Å²) in [6.45, 7) is 0. The van der Waals surface area contributed by atoms with Gasteiger partial charge in [-0.15, -0.1) is 0 Å². The van der Waals surface area contributed by atoms with Gasteiger partial charge < -0.3 is 0 Å². The van der Waals surface area contributed by atoms with E-state index in [1.165, 1.54) is 42.5 Å². The molecule has 0 heterocycles. The molecule has 0 N–H and O–H groups in total. The fourth-order valence-corrected chi connectivity index (χ4v) is 11.3. The third-order valence-corrected chi connectivity index (χ3v) is 12.6. The maximum atomic E-state index is 2.38. The smallest absolute Gasteiger partial charge is 0.00969 e. The molecular weight excluding hydrogens is 434 g/mol. The topological polar surface area (TPSA) is 0 Å². The number of hydrogen-bond acceptors (Lipinski definition) is 0. The molecule has 2 heteroatoms. The van der Waals surface area contributed by atoms with Crippen LogP contribution in [0, 0.1) is 5.92 Å². The second kappa shape index (κ2) is 11.2. The molecule has 166 valence electrons. The van der Waals surface area contributed by atoms with Gasteiger partial charge in [-0.3, -0.25) is 0 Å². The molecule has 4 aromatic rings. The maximum Gasteiger partial charge on any atom is -0.00969 e. The molecule has 0 spiro atoms. The lowest BCUT2D eigenvalue weighted by molar-refractivity contribution is 0.399. The van der Waals surface area contributed by atoms with E-state index in [2.05, 4.69) is 121 Å². The van der Waals surface area contributed by atoms with E-state index in [0.717, 1.165) is 11.6 Å². The summed E-state index contributed by atoms with van der Waals surface area (Å²) in [6, 6.07) is 45.3. The molecule has 4 aromatic carbocycles. The van der Waals surface area contributed by atoms with E-state index < -0.39 is 0 Å². The highest BCUT2D eigenvalue weighted by molar-refractivity contribution is 7.74. The first-order chi connectivity index (χ1) is 16.4. The predicted octanol–water partition coefficient (Wildman–Crippen LogP) is 6.81. The van der Waals surface area contributed by atoms with Crippen molar-refractivity contribution in [1.29, 1.82) is 0 Å². The molecule has 0 aliphatic heterocycles. The summed E-state index contributed by atoms with van der Waals surface area (Å²) in [5.41, 5.74) is 0.746. The zero-order valence-electron chi connectivity index (χ0n) is 19.1. The summed E-state index contributed by atoms with van der Waals surface area (Å²) in [5, 5.41) is 6.12. The molecule has 0 saturated heterocycles. The lowest BCUT2D eigenvalue weighted by atomic mass is 9.90. The molecule has 0 aromatic heterocycles. The third-order valence-electron chi connectivity index (χ3n) is 6.82. The van der Waals surface area contributed by atoms with Crippen molar-refractivity contribution < 1.29 is 0 Å². The quantitative estimate of drug-likeness (QED) is 0.263. The van der Waals surface area contributed by atoms with Crippen molar-refractivity contribution in [2.45, 2.75) is 31.3 Å². The monoisotopic (exact) mass is 466 g/mol. The van der Waals surface area contributed by atoms with E-state index >= 15 is 0 Å².